The van der Waals surface area contributed by atoms with Gasteiger partial charge in [-0.15, -0.1) is 0 Å². The Morgan fingerprint density at radius 2 is 1.67 bits per heavy atom. The van der Waals surface area contributed by atoms with Crippen molar-refractivity contribution in [2.75, 3.05) is 0 Å². The second-order valence-corrected chi connectivity index (χ2v) is 4.01. The number of allylic oxidation sites excluding steroid dienone is 2. The average molecular weight is 213 g/mol. The molecule has 88 valence electrons. The zero-order chi connectivity index (χ0) is 11.5. The summed E-state index contributed by atoms with van der Waals surface area (Å²) in [6.07, 6.45) is 11.4. The highest BCUT2D eigenvalue weighted by atomic mass is 16.6. The van der Waals surface area contributed by atoms with Crippen molar-refractivity contribution in [3.05, 3.63) is 21.9 Å². The molecule has 0 heterocycles. The quantitative estimate of drug-likeness (QED) is 0.325. The summed E-state index contributed by atoms with van der Waals surface area (Å²) in [7, 11) is 0. The molecule has 0 aromatic carbocycles. The van der Waals surface area contributed by atoms with Crippen molar-refractivity contribution >= 4 is 0 Å². The van der Waals surface area contributed by atoms with Gasteiger partial charge in [0.05, 0.1) is 4.92 Å². The fourth-order valence-corrected chi connectivity index (χ4v) is 1.49. The highest BCUT2D eigenvalue weighted by Gasteiger charge is 1.99. The third kappa shape index (κ3) is 9.44. The predicted octanol–water partition coefficient (Wildman–Crippen LogP) is 4.31. The summed E-state index contributed by atoms with van der Waals surface area (Å²) in [5.74, 6) is 0. The van der Waals surface area contributed by atoms with E-state index in [9.17, 15) is 10.1 Å². The Labute approximate surface area is 92.7 Å². The molecule has 0 radical (unpaired) electrons. The molecule has 0 unspecified atom stereocenters. The SMILES string of the molecule is CCCCCCCCC/C=C(\C)[N+](=O)[O-]. The van der Waals surface area contributed by atoms with Crippen LogP contribution in [0.5, 0.6) is 0 Å². The van der Waals surface area contributed by atoms with Crippen LogP contribution in [0, 0.1) is 10.1 Å². The summed E-state index contributed by atoms with van der Waals surface area (Å²) in [6, 6.07) is 0. The lowest BCUT2D eigenvalue weighted by Gasteiger charge is -1.98. The van der Waals surface area contributed by atoms with E-state index in [1.807, 2.05) is 0 Å². The lowest BCUT2D eigenvalue weighted by molar-refractivity contribution is -0.424. The van der Waals surface area contributed by atoms with Gasteiger partial charge in [0.1, 0.15) is 0 Å². The van der Waals surface area contributed by atoms with Gasteiger partial charge >= 0.3 is 0 Å². The van der Waals surface area contributed by atoms with Gasteiger partial charge in [-0.3, -0.25) is 10.1 Å². The van der Waals surface area contributed by atoms with Gasteiger partial charge < -0.3 is 0 Å². The molecular weight excluding hydrogens is 190 g/mol. The molecule has 0 aliphatic heterocycles. The van der Waals surface area contributed by atoms with Gasteiger partial charge in [-0.05, 0) is 18.9 Å². The molecule has 0 bridgehead atoms. The van der Waals surface area contributed by atoms with E-state index in [0.717, 1.165) is 12.8 Å². The largest absolute Gasteiger partial charge is 0.259 e. The second-order valence-electron chi connectivity index (χ2n) is 4.01. The van der Waals surface area contributed by atoms with Gasteiger partial charge in [-0.1, -0.05) is 45.4 Å². The third-order valence-electron chi connectivity index (χ3n) is 2.54. The van der Waals surface area contributed by atoms with Crippen LogP contribution in [-0.4, -0.2) is 4.92 Å². The maximum Gasteiger partial charge on any atom is 0.239 e. The summed E-state index contributed by atoms with van der Waals surface area (Å²) in [6.45, 7) is 3.77. The first-order chi connectivity index (χ1) is 7.18. The van der Waals surface area contributed by atoms with Gasteiger partial charge in [-0.2, -0.15) is 0 Å². The van der Waals surface area contributed by atoms with Gasteiger partial charge in [0.25, 0.3) is 0 Å². The molecule has 0 spiro atoms. The van der Waals surface area contributed by atoms with Crippen LogP contribution in [0.1, 0.15) is 65.2 Å². The second kappa shape index (κ2) is 9.69. The summed E-state index contributed by atoms with van der Waals surface area (Å²) in [4.78, 5) is 9.96. The van der Waals surface area contributed by atoms with Crippen molar-refractivity contribution in [3.63, 3.8) is 0 Å². The van der Waals surface area contributed by atoms with Crippen molar-refractivity contribution in [2.24, 2.45) is 0 Å². The molecule has 0 saturated heterocycles. The fraction of sp³-hybridized carbons (Fsp3) is 0.833. The maximum atomic E-state index is 10.3. The minimum Gasteiger partial charge on any atom is -0.259 e. The number of hydrogen-bond acceptors (Lipinski definition) is 2. The van der Waals surface area contributed by atoms with Gasteiger partial charge in [0.2, 0.25) is 5.70 Å². The molecule has 0 fully saturated rings. The van der Waals surface area contributed by atoms with Gasteiger partial charge in [0, 0.05) is 6.92 Å². The number of unbranched alkanes of at least 4 members (excludes halogenated alkanes) is 7. The number of nitrogens with zero attached hydrogens (tertiary/aromatic N) is 1. The van der Waals surface area contributed by atoms with Crippen LogP contribution in [0.4, 0.5) is 0 Å². The Morgan fingerprint density at radius 3 is 2.20 bits per heavy atom. The lowest BCUT2D eigenvalue weighted by Crippen LogP contribution is -1.92. The van der Waals surface area contributed by atoms with E-state index in [1.165, 1.54) is 38.5 Å². The Hall–Kier alpha value is -0.860. The maximum absolute atomic E-state index is 10.3. The molecule has 0 N–H and O–H groups in total. The molecule has 0 rings (SSSR count). The smallest absolute Gasteiger partial charge is 0.239 e. The summed E-state index contributed by atoms with van der Waals surface area (Å²) >= 11 is 0. The van der Waals surface area contributed by atoms with Gasteiger partial charge in [0.15, 0.2) is 0 Å². The van der Waals surface area contributed by atoms with Crippen molar-refractivity contribution in [3.8, 4) is 0 Å². The highest BCUT2D eigenvalue weighted by molar-refractivity contribution is 4.86. The van der Waals surface area contributed by atoms with Crippen LogP contribution in [0.25, 0.3) is 0 Å². The first-order valence-corrected chi connectivity index (χ1v) is 5.99. The Morgan fingerprint density at radius 1 is 1.13 bits per heavy atom. The normalized spacial score (nSPS) is 11.7. The average Bonchev–Trinajstić information content (AvgIpc) is 2.21. The number of rotatable bonds is 9. The summed E-state index contributed by atoms with van der Waals surface area (Å²) < 4.78 is 0. The summed E-state index contributed by atoms with van der Waals surface area (Å²) in [5, 5.41) is 10.3. The lowest BCUT2D eigenvalue weighted by atomic mass is 10.1. The van der Waals surface area contributed by atoms with E-state index in [1.54, 1.807) is 13.0 Å². The van der Waals surface area contributed by atoms with E-state index in [-0.39, 0.29) is 10.6 Å². The van der Waals surface area contributed by atoms with E-state index in [0.29, 0.717) is 0 Å². The first kappa shape index (κ1) is 14.1. The van der Waals surface area contributed by atoms with Crippen molar-refractivity contribution in [1.82, 2.24) is 0 Å². The van der Waals surface area contributed by atoms with E-state index < -0.39 is 0 Å². The zero-order valence-electron chi connectivity index (χ0n) is 10.00. The van der Waals surface area contributed by atoms with Crippen LogP contribution in [0.2, 0.25) is 0 Å². The minimum absolute atomic E-state index is 0.279. The highest BCUT2D eigenvalue weighted by Crippen LogP contribution is 2.09. The monoisotopic (exact) mass is 213 g/mol. The Bertz CT molecular complexity index is 200. The van der Waals surface area contributed by atoms with E-state index >= 15 is 0 Å². The molecule has 0 atom stereocenters. The fourth-order valence-electron chi connectivity index (χ4n) is 1.49. The topological polar surface area (TPSA) is 43.1 Å². The number of nitro groups is 1. The zero-order valence-corrected chi connectivity index (χ0v) is 10.00. The molecule has 0 aromatic heterocycles. The van der Waals surface area contributed by atoms with E-state index in [2.05, 4.69) is 6.92 Å². The van der Waals surface area contributed by atoms with E-state index in [4.69, 9.17) is 0 Å². The van der Waals surface area contributed by atoms with Crippen molar-refractivity contribution < 1.29 is 4.92 Å². The molecule has 0 aliphatic rings. The number of hydrogen-bond donors (Lipinski definition) is 0. The van der Waals surface area contributed by atoms with Crippen LogP contribution in [-0.2, 0) is 0 Å². The molecule has 3 heteroatoms. The predicted molar refractivity (Wildman–Crippen MR) is 63.4 cm³/mol. The molecule has 3 nitrogen and oxygen atoms in total. The Balaban J connectivity index is 3.25. The molecule has 15 heavy (non-hydrogen) atoms. The van der Waals surface area contributed by atoms with Crippen LogP contribution < -0.4 is 0 Å². The molecule has 0 aliphatic carbocycles. The molecule has 0 amide bonds. The van der Waals surface area contributed by atoms with Crippen LogP contribution in [0.3, 0.4) is 0 Å². The standard InChI is InChI=1S/C12H23NO2/c1-3-4-5-6-7-8-9-10-11-12(2)13(14)15/h11H,3-10H2,1-2H3/b12-11+. The van der Waals surface area contributed by atoms with Crippen molar-refractivity contribution in [1.29, 1.82) is 0 Å². The minimum atomic E-state index is -0.318. The van der Waals surface area contributed by atoms with Gasteiger partial charge in [-0.25, -0.2) is 0 Å². The molecule has 0 aromatic rings. The van der Waals surface area contributed by atoms with Crippen LogP contribution >= 0.6 is 0 Å². The van der Waals surface area contributed by atoms with Crippen LogP contribution in [0.15, 0.2) is 11.8 Å². The summed E-state index contributed by atoms with van der Waals surface area (Å²) in [5.41, 5.74) is 0.279. The molecule has 0 saturated carbocycles. The Kier molecular flexibility index (Phi) is 9.13. The molecular formula is C12H23NO2. The first-order valence-electron chi connectivity index (χ1n) is 5.99. The van der Waals surface area contributed by atoms with Crippen molar-refractivity contribution in [2.45, 2.75) is 65.2 Å². The third-order valence-corrected chi connectivity index (χ3v) is 2.54.